The molecular formula is C25H21Cl2N3O4S. The van der Waals surface area contributed by atoms with Gasteiger partial charge in [0.1, 0.15) is 11.4 Å². The molecular weight excluding hydrogens is 509 g/mol. The second kappa shape index (κ2) is 10.1. The lowest BCUT2D eigenvalue weighted by Gasteiger charge is -2.19. The van der Waals surface area contributed by atoms with Crippen molar-refractivity contribution in [3.8, 4) is 22.6 Å². The molecule has 0 bridgehead atoms. The SMILES string of the molecule is CC(C)(C)OC(=O)NNC(=O)c1cc2c(Oc3ccc(-c4cc(Cl)cc(Cl)c4)cc3)cncc2s1. The van der Waals surface area contributed by atoms with Gasteiger partial charge in [0.15, 0.2) is 5.75 Å². The second-order valence-electron chi connectivity index (χ2n) is 8.53. The molecule has 0 spiro atoms. The molecule has 0 unspecified atom stereocenters. The molecule has 0 fully saturated rings. The third-order valence-corrected chi connectivity index (χ3v) is 6.09. The highest BCUT2D eigenvalue weighted by molar-refractivity contribution is 7.20. The van der Waals surface area contributed by atoms with Crippen molar-refractivity contribution in [1.82, 2.24) is 15.8 Å². The molecule has 0 aliphatic rings. The van der Waals surface area contributed by atoms with Gasteiger partial charge in [0, 0.05) is 21.6 Å². The van der Waals surface area contributed by atoms with Crippen molar-refractivity contribution in [2.24, 2.45) is 0 Å². The van der Waals surface area contributed by atoms with Crippen LogP contribution in [0.25, 0.3) is 21.2 Å². The van der Waals surface area contributed by atoms with Crippen LogP contribution in [0.5, 0.6) is 11.5 Å². The van der Waals surface area contributed by atoms with Crippen LogP contribution in [0.15, 0.2) is 60.9 Å². The van der Waals surface area contributed by atoms with Crippen LogP contribution in [0, 0.1) is 0 Å². The van der Waals surface area contributed by atoms with Gasteiger partial charge in [-0.3, -0.25) is 15.2 Å². The predicted molar refractivity (Wildman–Crippen MR) is 138 cm³/mol. The number of carbonyl (C=O) groups is 2. The van der Waals surface area contributed by atoms with Crippen LogP contribution in [0.4, 0.5) is 4.79 Å². The van der Waals surface area contributed by atoms with Gasteiger partial charge in [0.05, 0.1) is 15.8 Å². The van der Waals surface area contributed by atoms with Crippen molar-refractivity contribution in [3.63, 3.8) is 0 Å². The first kappa shape index (κ1) is 24.8. The van der Waals surface area contributed by atoms with Gasteiger partial charge in [0.25, 0.3) is 5.91 Å². The number of benzene rings is 2. The average molecular weight is 530 g/mol. The van der Waals surface area contributed by atoms with Crippen LogP contribution >= 0.6 is 34.5 Å². The molecule has 0 aliphatic carbocycles. The lowest BCUT2D eigenvalue weighted by Crippen LogP contribution is -2.44. The molecule has 2 aromatic carbocycles. The Balaban J connectivity index is 1.48. The molecule has 4 rings (SSSR count). The first-order valence-corrected chi connectivity index (χ1v) is 12.1. The molecule has 0 saturated heterocycles. The van der Waals surface area contributed by atoms with Crippen molar-refractivity contribution >= 4 is 56.6 Å². The Morgan fingerprint density at radius 3 is 2.26 bits per heavy atom. The zero-order chi connectivity index (χ0) is 25.2. The molecule has 2 aromatic heterocycles. The van der Waals surface area contributed by atoms with Gasteiger partial charge in [-0.05, 0) is 68.3 Å². The maximum Gasteiger partial charge on any atom is 0.426 e. The lowest BCUT2D eigenvalue weighted by molar-refractivity contribution is 0.0484. The number of nitrogens with one attached hydrogen (secondary N) is 2. The number of carbonyl (C=O) groups excluding carboxylic acids is 2. The summed E-state index contributed by atoms with van der Waals surface area (Å²) in [6.07, 6.45) is 2.48. The smallest absolute Gasteiger partial charge is 0.426 e. The fourth-order valence-electron chi connectivity index (χ4n) is 3.16. The summed E-state index contributed by atoms with van der Waals surface area (Å²) in [5.74, 6) is 0.615. The highest BCUT2D eigenvalue weighted by atomic mass is 35.5. The van der Waals surface area contributed by atoms with Gasteiger partial charge in [-0.15, -0.1) is 11.3 Å². The topological polar surface area (TPSA) is 89.6 Å². The zero-order valence-corrected chi connectivity index (χ0v) is 21.3. The Bertz CT molecular complexity index is 1380. The summed E-state index contributed by atoms with van der Waals surface area (Å²) in [7, 11) is 0. The van der Waals surface area contributed by atoms with Crippen LogP contribution < -0.4 is 15.6 Å². The van der Waals surface area contributed by atoms with Crippen LogP contribution in [-0.4, -0.2) is 22.6 Å². The number of hydrazine groups is 1. The van der Waals surface area contributed by atoms with E-state index in [4.69, 9.17) is 32.7 Å². The summed E-state index contributed by atoms with van der Waals surface area (Å²) in [6, 6.07) is 14.5. The standard InChI is InChI=1S/C25H21Cl2N3O4S/c1-25(2,3)34-24(32)30-29-23(31)21-11-19-20(12-28-13-22(19)35-21)33-18-6-4-14(5-7-18)15-8-16(26)10-17(27)9-15/h4-13H,1-3H3,(H,29,31)(H,30,32). The molecule has 2 amide bonds. The van der Waals surface area contributed by atoms with Crippen LogP contribution in [0.2, 0.25) is 10.0 Å². The van der Waals surface area contributed by atoms with Crippen molar-refractivity contribution in [2.75, 3.05) is 0 Å². The Kier molecular flexibility index (Phi) is 7.16. The summed E-state index contributed by atoms with van der Waals surface area (Å²) in [5, 5.41) is 1.84. The van der Waals surface area contributed by atoms with Crippen LogP contribution in [0.1, 0.15) is 30.4 Å². The van der Waals surface area contributed by atoms with Gasteiger partial charge in [-0.1, -0.05) is 35.3 Å². The molecule has 180 valence electrons. The maximum atomic E-state index is 12.5. The van der Waals surface area contributed by atoms with Crippen LogP contribution in [-0.2, 0) is 4.74 Å². The number of pyridine rings is 1. The predicted octanol–water partition coefficient (Wildman–Crippen LogP) is 7.23. The van der Waals surface area contributed by atoms with E-state index in [1.165, 1.54) is 11.3 Å². The molecule has 10 heteroatoms. The van der Waals surface area contributed by atoms with Crippen molar-refractivity contribution in [3.05, 3.63) is 75.8 Å². The Hall–Kier alpha value is -3.33. The van der Waals surface area contributed by atoms with Gasteiger partial charge >= 0.3 is 6.09 Å². The minimum atomic E-state index is -0.749. The van der Waals surface area contributed by atoms with Crippen molar-refractivity contribution < 1.29 is 19.1 Å². The number of hydrogen-bond acceptors (Lipinski definition) is 6. The molecule has 7 nitrogen and oxygen atoms in total. The van der Waals surface area contributed by atoms with E-state index in [1.54, 1.807) is 45.3 Å². The third-order valence-electron chi connectivity index (χ3n) is 4.59. The number of rotatable bonds is 4. The van der Waals surface area contributed by atoms with E-state index < -0.39 is 17.6 Å². The summed E-state index contributed by atoms with van der Waals surface area (Å²) in [6.45, 7) is 5.19. The number of aromatic nitrogens is 1. The lowest BCUT2D eigenvalue weighted by atomic mass is 10.1. The van der Waals surface area contributed by atoms with E-state index >= 15 is 0 Å². The van der Waals surface area contributed by atoms with Gasteiger partial charge < -0.3 is 9.47 Å². The third kappa shape index (κ3) is 6.42. The summed E-state index contributed by atoms with van der Waals surface area (Å²) in [5.41, 5.74) is 5.75. The van der Waals surface area contributed by atoms with Gasteiger partial charge in [-0.25, -0.2) is 10.2 Å². The number of thiophene rings is 1. The monoisotopic (exact) mass is 529 g/mol. The summed E-state index contributed by atoms with van der Waals surface area (Å²) >= 11 is 13.4. The number of ether oxygens (including phenoxy) is 2. The quantitative estimate of drug-likeness (QED) is 0.272. The van der Waals surface area contributed by atoms with E-state index in [1.807, 2.05) is 36.4 Å². The number of nitrogens with zero attached hydrogens (tertiary/aromatic N) is 1. The Labute approximate surface area is 216 Å². The summed E-state index contributed by atoms with van der Waals surface area (Å²) < 4.78 is 11.9. The molecule has 2 N–H and O–H groups in total. The van der Waals surface area contributed by atoms with E-state index in [0.717, 1.165) is 21.2 Å². The number of fused-ring (bicyclic) bond motifs is 1. The van der Waals surface area contributed by atoms with Crippen molar-refractivity contribution in [1.29, 1.82) is 0 Å². The summed E-state index contributed by atoms with van der Waals surface area (Å²) in [4.78, 5) is 28.9. The highest BCUT2D eigenvalue weighted by Crippen LogP contribution is 2.35. The molecule has 0 radical (unpaired) electrons. The van der Waals surface area contributed by atoms with E-state index in [-0.39, 0.29) is 0 Å². The molecule has 35 heavy (non-hydrogen) atoms. The molecule has 2 heterocycles. The van der Waals surface area contributed by atoms with Gasteiger partial charge in [-0.2, -0.15) is 0 Å². The minimum Gasteiger partial charge on any atom is -0.455 e. The van der Waals surface area contributed by atoms with E-state index in [0.29, 0.717) is 26.4 Å². The van der Waals surface area contributed by atoms with Gasteiger partial charge in [0.2, 0.25) is 0 Å². The Morgan fingerprint density at radius 2 is 1.60 bits per heavy atom. The van der Waals surface area contributed by atoms with E-state index in [9.17, 15) is 9.59 Å². The average Bonchev–Trinajstić information content (AvgIpc) is 3.22. The second-order valence-corrected chi connectivity index (χ2v) is 10.5. The zero-order valence-electron chi connectivity index (χ0n) is 19.0. The largest absolute Gasteiger partial charge is 0.455 e. The number of hydrogen-bond donors (Lipinski definition) is 2. The molecule has 0 saturated carbocycles. The molecule has 0 aliphatic heterocycles. The normalized spacial score (nSPS) is 11.2. The highest BCUT2D eigenvalue weighted by Gasteiger charge is 2.18. The first-order chi connectivity index (χ1) is 16.6. The maximum absolute atomic E-state index is 12.5. The number of halogens is 2. The van der Waals surface area contributed by atoms with Crippen LogP contribution in [0.3, 0.4) is 0 Å². The fraction of sp³-hybridized carbons (Fsp3) is 0.160. The minimum absolute atomic E-state index is 0.377. The fourth-order valence-corrected chi connectivity index (χ4v) is 4.63. The first-order valence-electron chi connectivity index (χ1n) is 10.5. The van der Waals surface area contributed by atoms with Crippen molar-refractivity contribution in [2.45, 2.75) is 26.4 Å². The Morgan fingerprint density at radius 1 is 0.914 bits per heavy atom. The molecule has 0 atom stereocenters. The van der Waals surface area contributed by atoms with E-state index in [2.05, 4.69) is 15.8 Å². The molecule has 4 aromatic rings. The number of amides is 2.